The van der Waals surface area contributed by atoms with Crippen LogP contribution in [0.25, 0.3) is 0 Å². The van der Waals surface area contributed by atoms with Gasteiger partial charge in [0.2, 0.25) is 5.88 Å². The Labute approximate surface area is 121 Å². The van der Waals surface area contributed by atoms with E-state index >= 15 is 0 Å². The summed E-state index contributed by atoms with van der Waals surface area (Å²) in [5.74, 6) is 0.413. The normalized spacial score (nSPS) is 11.4. The van der Waals surface area contributed by atoms with Crippen molar-refractivity contribution < 1.29 is 23.0 Å². The fourth-order valence-corrected chi connectivity index (χ4v) is 2.02. The third kappa shape index (κ3) is 3.71. The van der Waals surface area contributed by atoms with Gasteiger partial charge in [0.25, 0.3) is 0 Å². The van der Waals surface area contributed by atoms with Gasteiger partial charge in [-0.15, -0.1) is 0 Å². The van der Waals surface area contributed by atoms with Crippen LogP contribution in [-0.2, 0) is 12.8 Å². The van der Waals surface area contributed by atoms with Crippen LogP contribution in [0.15, 0.2) is 41.0 Å². The van der Waals surface area contributed by atoms with Crippen molar-refractivity contribution in [2.45, 2.75) is 12.8 Å². The summed E-state index contributed by atoms with van der Waals surface area (Å²) < 4.78 is 43.2. The van der Waals surface area contributed by atoms with E-state index in [1.54, 1.807) is 18.2 Å². The molecule has 1 heterocycles. The number of aliphatic hydroxyl groups is 1. The second kappa shape index (κ2) is 5.80. The van der Waals surface area contributed by atoms with Gasteiger partial charge in [0.15, 0.2) is 0 Å². The Morgan fingerprint density at radius 2 is 1.95 bits per heavy atom. The molecule has 106 valence electrons. The summed E-state index contributed by atoms with van der Waals surface area (Å²) in [4.78, 5) is 3.61. The molecule has 7 heteroatoms. The highest BCUT2D eigenvalue weighted by molar-refractivity contribution is 9.10. The van der Waals surface area contributed by atoms with Gasteiger partial charge < -0.3 is 9.84 Å². The van der Waals surface area contributed by atoms with Crippen molar-refractivity contribution in [3.8, 4) is 11.6 Å². The van der Waals surface area contributed by atoms with E-state index in [1.165, 1.54) is 0 Å². The lowest BCUT2D eigenvalue weighted by molar-refractivity contribution is -0.137. The lowest BCUT2D eigenvalue weighted by Gasteiger charge is -2.09. The number of hydrogen-bond acceptors (Lipinski definition) is 3. The summed E-state index contributed by atoms with van der Waals surface area (Å²) in [5.41, 5.74) is -0.226. The van der Waals surface area contributed by atoms with Gasteiger partial charge in [-0.2, -0.15) is 13.2 Å². The van der Waals surface area contributed by atoms with Gasteiger partial charge >= 0.3 is 6.18 Å². The fraction of sp³-hybridized carbons (Fsp3) is 0.154. The summed E-state index contributed by atoms with van der Waals surface area (Å²) in [6.45, 7) is -0.170. The SMILES string of the molecule is OCc1cc(Br)cc(Oc2ccc(C(F)(F)F)cn2)c1. The van der Waals surface area contributed by atoms with Gasteiger partial charge in [-0.25, -0.2) is 4.98 Å². The second-order valence-corrected chi connectivity index (χ2v) is 4.85. The second-order valence-electron chi connectivity index (χ2n) is 3.94. The highest BCUT2D eigenvalue weighted by atomic mass is 79.9. The lowest BCUT2D eigenvalue weighted by atomic mass is 10.2. The summed E-state index contributed by atoms with van der Waals surface area (Å²) >= 11 is 3.24. The number of ether oxygens (including phenoxy) is 1. The van der Waals surface area contributed by atoms with E-state index in [9.17, 15) is 13.2 Å². The van der Waals surface area contributed by atoms with Gasteiger partial charge in [0.1, 0.15) is 5.75 Å². The summed E-state index contributed by atoms with van der Waals surface area (Å²) in [5, 5.41) is 9.06. The van der Waals surface area contributed by atoms with Crippen LogP contribution >= 0.6 is 15.9 Å². The molecule has 0 amide bonds. The molecule has 0 saturated heterocycles. The standard InChI is InChI=1S/C13H9BrF3NO2/c14-10-3-8(7-19)4-11(5-10)20-12-2-1-9(6-18-12)13(15,16)17/h1-6,19H,7H2. The minimum atomic E-state index is -4.43. The first-order valence-corrected chi connectivity index (χ1v) is 6.29. The fourth-order valence-electron chi connectivity index (χ4n) is 1.50. The maximum atomic E-state index is 12.4. The zero-order valence-electron chi connectivity index (χ0n) is 9.99. The number of aromatic nitrogens is 1. The number of hydrogen-bond donors (Lipinski definition) is 1. The molecule has 2 aromatic rings. The molecule has 2 rings (SSSR count). The van der Waals surface area contributed by atoms with Crippen molar-refractivity contribution in [3.05, 3.63) is 52.1 Å². The van der Waals surface area contributed by atoms with E-state index < -0.39 is 11.7 Å². The van der Waals surface area contributed by atoms with E-state index in [-0.39, 0.29) is 12.5 Å². The molecule has 0 aliphatic rings. The number of pyridine rings is 1. The van der Waals surface area contributed by atoms with Crippen LogP contribution in [-0.4, -0.2) is 10.1 Å². The molecule has 1 aromatic heterocycles. The molecule has 0 fully saturated rings. The Morgan fingerprint density at radius 1 is 1.20 bits per heavy atom. The van der Waals surface area contributed by atoms with Crippen LogP contribution in [0.1, 0.15) is 11.1 Å². The van der Waals surface area contributed by atoms with E-state index in [1.807, 2.05) is 0 Å². The minimum absolute atomic E-state index is 0.0417. The predicted octanol–water partition coefficient (Wildman–Crippen LogP) is 4.15. The van der Waals surface area contributed by atoms with Crippen molar-refractivity contribution in [2.24, 2.45) is 0 Å². The van der Waals surface area contributed by atoms with E-state index in [2.05, 4.69) is 20.9 Å². The third-order valence-electron chi connectivity index (χ3n) is 2.40. The van der Waals surface area contributed by atoms with Crippen LogP contribution < -0.4 is 4.74 Å². The Morgan fingerprint density at radius 3 is 2.50 bits per heavy atom. The van der Waals surface area contributed by atoms with Crippen LogP contribution in [0.4, 0.5) is 13.2 Å². The molecule has 0 aliphatic heterocycles. The van der Waals surface area contributed by atoms with E-state index in [4.69, 9.17) is 9.84 Å². The molecule has 0 radical (unpaired) electrons. The first-order valence-electron chi connectivity index (χ1n) is 5.50. The maximum Gasteiger partial charge on any atom is 0.417 e. The Kier molecular flexibility index (Phi) is 4.29. The molecule has 0 saturated carbocycles. The van der Waals surface area contributed by atoms with Gasteiger partial charge in [0.05, 0.1) is 12.2 Å². The average Bonchev–Trinajstić information content (AvgIpc) is 2.37. The first-order chi connectivity index (χ1) is 9.38. The average molecular weight is 348 g/mol. The molecular formula is C13H9BrF3NO2. The molecule has 0 aliphatic carbocycles. The quantitative estimate of drug-likeness (QED) is 0.906. The monoisotopic (exact) mass is 347 g/mol. The van der Waals surface area contributed by atoms with Crippen LogP contribution in [0.2, 0.25) is 0 Å². The highest BCUT2D eigenvalue weighted by Gasteiger charge is 2.30. The van der Waals surface area contributed by atoms with E-state index in [0.717, 1.165) is 12.1 Å². The number of halogens is 4. The smallest absolute Gasteiger partial charge is 0.417 e. The van der Waals surface area contributed by atoms with Crippen molar-refractivity contribution in [2.75, 3.05) is 0 Å². The van der Waals surface area contributed by atoms with Crippen molar-refractivity contribution in [3.63, 3.8) is 0 Å². The van der Waals surface area contributed by atoms with E-state index in [0.29, 0.717) is 22.0 Å². The van der Waals surface area contributed by atoms with Gasteiger partial charge in [-0.1, -0.05) is 15.9 Å². The molecule has 0 unspecified atom stereocenters. The molecular weight excluding hydrogens is 339 g/mol. The van der Waals surface area contributed by atoms with Crippen molar-refractivity contribution in [1.29, 1.82) is 0 Å². The summed E-state index contributed by atoms with van der Waals surface area (Å²) in [6, 6.07) is 6.94. The number of rotatable bonds is 3. The lowest BCUT2D eigenvalue weighted by Crippen LogP contribution is -2.05. The topological polar surface area (TPSA) is 42.4 Å². The highest BCUT2D eigenvalue weighted by Crippen LogP contribution is 2.30. The molecule has 20 heavy (non-hydrogen) atoms. The predicted molar refractivity (Wildman–Crippen MR) is 69.4 cm³/mol. The number of nitrogens with zero attached hydrogens (tertiary/aromatic N) is 1. The largest absolute Gasteiger partial charge is 0.439 e. The van der Waals surface area contributed by atoms with Gasteiger partial charge in [-0.05, 0) is 29.8 Å². The van der Waals surface area contributed by atoms with Crippen LogP contribution in [0.5, 0.6) is 11.6 Å². The third-order valence-corrected chi connectivity index (χ3v) is 2.86. The Bertz CT molecular complexity index is 600. The molecule has 3 nitrogen and oxygen atoms in total. The molecule has 1 N–H and O–H groups in total. The molecule has 0 spiro atoms. The minimum Gasteiger partial charge on any atom is -0.439 e. The van der Waals surface area contributed by atoms with Crippen LogP contribution in [0, 0.1) is 0 Å². The Balaban J connectivity index is 2.20. The zero-order chi connectivity index (χ0) is 14.8. The Hall–Kier alpha value is -1.60. The van der Waals surface area contributed by atoms with Crippen molar-refractivity contribution in [1.82, 2.24) is 4.98 Å². The number of aliphatic hydroxyl groups excluding tert-OH is 1. The number of benzene rings is 1. The molecule has 0 bridgehead atoms. The molecule has 1 aromatic carbocycles. The van der Waals surface area contributed by atoms with Crippen LogP contribution in [0.3, 0.4) is 0 Å². The van der Waals surface area contributed by atoms with Crippen molar-refractivity contribution >= 4 is 15.9 Å². The summed E-state index contributed by atoms with van der Waals surface area (Å²) in [6.07, 6.45) is -3.72. The summed E-state index contributed by atoms with van der Waals surface area (Å²) in [7, 11) is 0. The van der Waals surface area contributed by atoms with Gasteiger partial charge in [-0.3, -0.25) is 0 Å². The molecule has 0 atom stereocenters. The number of alkyl halides is 3. The van der Waals surface area contributed by atoms with Gasteiger partial charge in [0, 0.05) is 16.7 Å². The maximum absolute atomic E-state index is 12.4. The first kappa shape index (κ1) is 14.8. The zero-order valence-corrected chi connectivity index (χ0v) is 11.6.